The van der Waals surface area contributed by atoms with Crippen molar-refractivity contribution in [3.8, 4) is 0 Å². The Labute approximate surface area is 136 Å². The maximum atomic E-state index is 13.3. The van der Waals surface area contributed by atoms with Crippen molar-refractivity contribution in [2.45, 2.75) is 48.6 Å². The smallest absolute Gasteiger partial charge is 0.348 e. The van der Waals surface area contributed by atoms with Gasteiger partial charge in [-0.15, -0.1) is 0 Å². The van der Waals surface area contributed by atoms with E-state index in [0.717, 1.165) is 7.05 Å². The van der Waals surface area contributed by atoms with Crippen molar-refractivity contribution in [2.75, 3.05) is 13.6 Å². The van der Waals surface area contributed by atoms with Gasteiger partial charge < -0.3 is 4.90 Å². The summed E-state index contributed by atoms with van der Waals surface area (Å²) in [7, 11) is 0.940. The van der Waals surface area contributed by atoms with Gasteiger partial charge in [0.05, 0.1) is 0 Å². The fourth-order valence-corrected chi connectivity index (χ4v) is 1.56. The highest BCUT2D eigenvalue weighted by Gasteiger charge is 2.90. The van der Waals surface area contributed by atoms with Gasteiger partial charge >= 0.3 is 35.8 Å². The third-order valence-electron chi connectivity index (χ3n) is 3.18. The van der Waals surface area contributed by atoms with Crippen molar-refractivity contribution in [3.63, 3.8) is 0 Å². The molecule has 0 saturated heterocycles. The van der Waals surface area contributed by atoms with Gasteiger partial charge in [-0.25, -0.2) is 0 Å². The van der Waals surface area contributed by atoms with Gasteiger partial charge in [0, 0.05) is 20.0 Å². The molecule has 0 heterocycles. The number of hydrogen-bond donors (Lipinski definition) is 0. The Morgan fingerprint density at radius 3 is 1.42 bits per heavy atom. The van der Waals surface area contributed by atoms with E-state index < -0.39 is 55.2 Å². The monoisotopic (exact) mass is 419 g/mol. The molecule has 0 aromatic heterocycles. The highest BCUT2D eigenvalue weighted by molar-refractivity contribution is 5.46. The van der Waals surface area contributed by atoms with Crippen LogP contribution in [0.5, 0.6) is 0 Å². The van der Waals surface area contributed by atoms with E-state index in [0.29, 0.717) is 4.90 Å². The van der Waals surface area contributed by atoms with E-state index in [4.69, 9.17) is 0 Å². The van der Waals surface area contributed by atoms with E-state index in [-0.39, 0.29) is 6.41 Å². The van der Waals surface area contributed by atoms with Crippen LogP contribution in [0.1, 0.15) is 12.8 Å². The summed E-state index contributed by atoms with van der Waals surface area (Å²) in [4.78, 5) is 10.7. The number of carbonyl (C=O) groups is 1. The zero-order valence-corrected chi connectivity index (χ0v) is 12.5. The molecule has 0 aromatic carbocycles. The largest absolute Gasteiger partial charge is 0.460 e. The molecule has 0 saturated carbocycles. The Hall–Kier alpha value is -1.44. The quantitative estimate of drug-likeness (QED) is 0.396. The molecule has 0 aliphatic carbocycles. The lowest BCUT2D eigenvalue weighted by atomic mass is 9.92. The van der Waals surface area contributed by atoms with Gasteiger partial charge in [0.2, 0.25) is 6.41 Å². The maximum absolute atomic E-state index is 13.3. The standard InChI is InChI=1S/C11H10F13NO/c1-25(5-26)4-2-3-6(12,13)7(14,15)8(16,17)9(18,19)10(20,21)11(22,23)24/h5H,2-4H2,1H3. The molecule has 0 aliphatic rings. The van der Waals surface area contributed by atoms with Gasteiger partial charge in [-0.05, 0) is 6.42 Å². The van der Waals surface area contributed by atoms with Crippen molar-refractivity contribution in [2.24, 2.45) is 0 Å². The SMILES string of the molecule is CN(C=O)CCCC(F)(F)C(F)(F)C(F)(F)C(F)(F)C(F)(F)C(F)(F)F. The van der Waals surface area contributed by atoms with Gasteiger partial charge in [0.15, 0.2) is 0 Å². The minimum Gasteiger partial charge on any atom is -0.348 e. The van der Waals surface area contributed by atoms with Crippen molar-refractivity contribution in [3.05, 3.63) is 0 Å². The molecule has 0 spiro atoms. The summed E-state index contributed by atoms with van der Waals surface area (Å²) in [6.45, 7) is -0.740. The molecule has 0 radical (unpaired) electrons. The second kappa shape index (κ2) is 6.94. The molecular formula is C11H10F13NO. The molecule has 0 N–H and O–H groups in total. The van der Waals surface area contributed by atoms with E-state index in [2.05, 4.69) is 0 Å². The van der Waals surface area contributed by atoms with Gasteiger partial charge in [0.25, 0.3) is 0 Å². The first-order chi connectivity index (χ1) is 11.2. The first kappa shape index (κ1) is 24.6. The molecule has 0 aromatic rings. The van der Waals surface area contributed by atoms with Crippen LogP contribution in [0.25, 0.3) is 0 Å². The molecular weight excluding hydrogens is 409 g/mol. The molecule has 0 rings (SSSR count). The summed E-state index contributed by atoms with van der Waals surface area (Å²) in [5.41, 5.74) is 0. The average Bonchev–Trinajstić information content (AvgIpc) is 2.44. The van der Waals surface area contributed by atoms with Crippen molar-refractivity contribution in [1.29, 1.82) is 0 Å². The molecule has 1 amide bonds. The molecule has 156 valence electrons. The Morgan fingerprint density at radius 2 is 1.08 bits per heavy atom. The second-order valence-corrected chi connectivity index (χ2v) is 5.19. The minimum absolute atomic E-state index is 0.00290. The Morgan fingerprint density at radius 1 is 0.692 bits per heavy atom. The van der Waals surface area contributed by atoms with Crippen molar-refractivity contribution >= 4 is 6.41 Å². The third kappa shape index (κ3) is 3.80. The van der Waals surface area contributed by atoms with E-state index in [1.54, 1.807) is 0 Å². The molecule has 0 atom stereocenters. The lowest BCUT2D eigenvalue weighted by Gasteiger charge is -2.39. The van der Waals surface area contributed by atoms with E-state index >= 15 is 0 Å². The Kier molecular flexibility index (Phi) is 6.56. The van der Waals surface area contributed by atoms with E-state index in [9.17, 15) is 61.9 Å². The van der Waals surface area contributed by atoms with Crippen LogP contribution < -0.4 is 0 Å². The predicted molar refractivity (Wildman–Crippen MR) is 58.7 cm³/mol. The molecule has 0 aliphatic heterocycles. The topological polar surface area (TPSA) is 20.3 Å². The Bertz CT molecular complexity index is 499. The molecule has 15 heteroatoms. The number of hydrogen-bond acceptors (Lipinski definition) is 1. The fourth-order valence-electron chi connectivity index (χ4n) is 1.56. The molecule has 0 fully saturated rings. The predicted octanol–water partition coefficient (Wildman–Crippen LogP) is 4.59. The zero-order chi connectivity index (χ0) is 21.4. The second-order valence-electron chi connectivity index (χ2n) is 5.19. The third-order valence-corrected chi connectivity index (χ3v) is 3.18. The summed E-state index contributed by atoms with van der Waals surface area (Å²) in [5, 5.41) is 0. The summed E-state index contributed by atoms with van der Waals surface area (Å²) >= 11 is 0. The average molecular weight is 419 g/mol. The lowest BCUT2D eigenvalue weighted by Crippen LogP contribution is -2.70. The molecule has 0 bridgehead atoms. The summed E-state index contributed by atoms with van der Waals surface area (Å²) in [5.74, 6) is -36.7. The maximum Gasteiger partial charge on any atom is 0.460 e. The van der Waals surface area contributed by atoms with Crippen LogP contribution >= 0.6 is 0 Å². The van der Waals surface area contributed by atoms with Gasteiger partial charge in [-0.2, -0.15) is 57.1 Å². The number of amides is 1. The fraction of sp³-hybridized carbons (Fsp3) is 0.909. The van der Waals surface area contributed by atoms with Crippen LogP contribution in [0, 0.1) is 0 Å². The van der Waals surface area contributed by atoms with Crippen LogP contribution in [0.4, 0.5) is 57.1 Å². The Balaban J connectivity index is 5.81. The minimum atomic E-state index is -7.88. The van der Waals surface area contributed by atoms with Crippen LogP contribution in [-0.4, -0.2) is 60.7 Å². The summed E-state index contributed by atoms with van der Waals surface area (Å²) < 4.78 is 166. The number of alkyl halides is 13. The lowest BCUT2D eigenvalue weighted by molar-refractivity contribution is -0.440. The van der Waals surface area contributed by atoms with Crippen LogP contribution in [0.3, 0.4) is 0 Å². The first-order valence-electron chi connectivity index (χ1n) is 6.32. The molecule has 2 nitrogen and oxygen atoms in total. The van der Waals surface area contributed by atoms with E-state index in [1.807, 2.05) is 0 Å². The van der Waals surface area contributed by atoms with Crippen LogP contribution in [0.2, 0.25) is 0 Å². The molecule has 26 heavy (non-hydrogen) atoms. The van der Waals surface area contributed by atoms with Gasteiger partial charge in [-0.3, -0.25) is 4.79 Å². The van der Waals surface area contributed by atoms with Crippen molar-refractivity contribution < 1.29 is 61.9 Å². The number of carbonyl (C=O) groups excluding carboxylic acids is 1. The van der Waals surface area contributed by atoms with Gasteiger partial charge in [0.1, 0.15) is 0 Å². The van der Waals surface area contributed by atoms with Gasteiger partial charge in [-0.1, -0.05) is 0 Å². The van der Waals surface area contributed by atoms with Crippen molar-refractivity contribution in [1.82, 2.24) is 4.90 Å². The van der Waals surface area contributed by atoms with Crippen LogP contribution in [-0.2, 0) is 4.79 Å². The highest BCUT2D eigenvalue weighted by Crippen LogP contribution is 2.60. The normalized spacial score (nSPS) is 15.2. The van der Waals surface area contributed by atoms with Crippen LogP contribution in [0.15, 0.2) is 0 Å². The molecule has 0 unspecified atom stereocenters. The zero-order valence-electron chi connectivity index (χ0n) is 12.5. The number of nitrogens with zero attached hydrogens (tertiary/aromatic N) is 1. The number of halogens is 13. The first-order valence-corrected chi connectivity index (χ1v) is 6.32. The van der Waals surface area contributed by atoms with E-state index in [1.165, 1.54) is 0 Å². The highest BCUT2D eigenvalue weighted by atomic mass is 19.4. The number of rotatable bonds is 9. The summed E-state index contributed by atoms with van der Waals surface area (Å²) in [6.07, 6.45) is -10.9. The summed E-state index contributed by atoms with van der Waals surface area (Å²) in [6, 6.07) is 0.